The van der Waals surface area contributed by atoms with Crippen LogP contribution in [-0.4, -0.2) is 10.9 Å². The number of hydrogen-bond acceptors (Lipinski definition) is 5. The van der Waals surface area contributed by atoms with Crippen molar-refractivity contribution in [1.82, 2.24) is 0 Å². The van der Waals surface area contributed by atoms with E-state index in [-0.39, 0.29) is 17.9 Å². The topological polar surface area (TPSA) is 93.2 Å². The quantitative estimate of drug-likeness (QED) is 0.253. The zero-order chi connectivity index (χ0) is 19.1. The highest BCUT2D eigenvalue weighted by Crippen LogP contribution is 2.17. The summed E-state index contributed by atoms with van der Waals surface area (Å²) >= 11 is 0. The summed E-state index contributed by atoms with van der Waals surface area (Å²) in [6.07, 6.45) is 1.47. The molecule has 0 atom stereocenters. The molecule has 0 bridgehead atoms. The Bertz CT molecular complexity index is 860. The van der Waals surface area contributed by atoms with E-state index < -0.39 is 10.9 Å². The Balaban J connectivity index is 2.03. The van der Waals surface area contributed by atoms with Crippen molar-refractivity contribution in [3.05, 3.63) is 80.9 Å². The number of carbonyl (C=O) groups is 1. The molecule has 0 aliphatic heterocycles. The summed E-state index contributed by atoms with van der Waals surface area (Å²) in [5.74, 6) is -0.339. The number of esters is 1. The Hall–Kier alpha value is -3.46. The molecule has 0 amide bonds. The molecule has 0 fully saturated rings. The van der Waals surface area contributed by atoms with Crippen LogP contribution >= 0.6 is 0 Å². The highest BCUT2D eigenvalue weighted by atomic mass is 16.6. The molecule has 0 saturated heterocycles. The van der Waals surface area contributed by atoms with Gasteiger partial charge in [-0.05, 0) is 40.8 Å². The minimum absolute atomic E-state index is 0.0393. The fraction of sp³-hybridized carbons (Fsp3) is 0.200. The van der Waals surface area contributed by atoms with E-state index in [0.717, 1.165) is 5.56 Å². The van der Waals surface area contributed by atoms with Gasteiger partial charge in [0.15, 0.2) is 0 Å². The van der Waals surface area contributed by atoms with E-state index in [9.17, 15) is 20.2 Å². The maximum absolute atomic E-state index is 12.1. The summed E-state index contributed by atoms with van der Waals surface area (Å²) in [5.41, 5.74) is 2.36. The van der Waals surface area contributed by atoms with Crippen LogP contribution in [0, 0.1) is 21.4 Å². The van der Waals surface area contributed by atoms with E-state index in [2.05, 4.69) is 13.8 Å². The molecule has 2 aromatic rings. The number of nitriles is 1. The zero-order valence-corrected chi connectivity index (χ0v) is 14.5. The van der Waals surface area contributed by atoms with Gasteiger partial charge in [0.05, 0.1) is 4.92 Å². The third kappa shape index (κ3) is 5.02. The van der Waals surface area contributed by atoms with Crippen LogP contribution in [0.2, 0.25) is 0 Å². The molecule has 0 radical (unpaired) electrons. The Morgan fingerprint density at radius 3 is 2.31 bits per heavy atom. The van der Waals surface area contributed by atoms with Gasteiger partial charge < -0.3 is 4.74 Å². The molecule has 0 aliphatic rings. The average molecular weight is 350 g/mol. The van der Waals surface area contributed by atoms with Crippen molar-refractivity contribution >= 4 is 17.7 Å². The number of nitro benzene ring substituents is 1. The van der Waals surface area contributed by atoms with Crippen molar-refractivity contribution in [3.63, 3.8) is 0 Å². The summed E-state index contributed by atoms with van der Waals surface area (Å²) in [5, 5.41) is 19.8. The van der Waals surface area contributed by atoms with Gasteiger partial charge in [-0.2, -0.15) is 5.26 Å². The molecule has 132 valence electrons. The first-order chi connectivity index (χ1) is 12.4. The first-order valence-corrected chi connectivity index (χ1v) is 8.03. The van der Waals surface area contributed by atoms with Crippen LogP contribution in [-0.2, 0) is 16.1 Å². The molecule has 2 aromatic carbocycles. The molecule has 0 unspecified atom stereocenters. The Labute approximate surface area is 151 Å². The Morgan fingerprint density at radius 1 is 1.19 bits per heavy atom. The number of hydrogen-bond donors (Lipinski definition) is 0. The minimum Gasteiger partial charge on any atom is -0.457 e. The molecule has 26 heavy (non-hydrogen) atoms. The molecule has 0 heterocycles. The van der Waals surface area contributed by atoms with Gasteiger partial charge in [0.2, 0.25) is 0 Å². The lowest BCUT2D eigenvalue weighted by molar-refractivity contribution is -0.384. The maximum atomic E-state index is 12.1. The second kappa shape index (κ2) is 8.58. The molecule has 0 N–H and O–H groups in total. The van der Waals surface area contributed by atoms with Crippen molar-refractivity contribution in [2.24, 2.45) is 0 Å². The molecule has 0 aromatic heterocycles. The van der Waals surface area contributed by atoms with Crippen molar-refractivity contribution in [3.8, 4) is 6.07 Å². The second-order valence-corrected chi connectivity index (χ2v) is 5.99. The number of nitrogens with zero attached hydrogens (tertiary/aromatic N) is 2. The number of ether oxygens (including phenoxy) is 1. The van der Waals surface area contributed by atoms with Gasteiger partial charge in [-0.15, -0.1) is 0 Å². The van der Waals surface area contributed by atoms with Crippen molar-refractivity contribution in [2.45, 2.75) is 26.4 Å². The normalized spacial score (nSPS) is 11.1. The Kier molecular flexibility index (Phi) is 6.23. The van der Waals surface area contributed by atoms with Crippen molar-refractivity contribution < 1.29 is 14.5 Å². The van der Waals surface area contributed by atoms with Gasteiger partial charge in [0.25, 0.3) is 5.69 Å². The van der Waals surface area contributed by atoms with Gasteiger partial charge in [0, 0.05) is 12.1 Å². The SMILES string of the molecule is CC(C)c1ccc(/C=C(\C#N)C(=O)OCc2ccc([N+](=O)[O-])cc2)cc1. The van der Waals surface area contributed by atoms with Gasteiger partial charge in [0.1, 0.15) is 18.2 Å². The largest absolute Gasteiger partial charge is 0.457 e. The molecule has 0 aliphatic carbocycles. The predicted octanol–water partition coefficient (Wildman–Crippen LogP) is 4.37. The first-order valence-electron chi connectivity index (χ1n) is 8.03. The lowest BCUT2D eigenvalue weighted by atomic mass is 10.0. The van der Waals surface area contributed by atoms with E-state index in [4.69, 9.17) is 4.74 Å². The fourth-order valence-corrected chi connectivity index (χ4v) is 2.22. The summed E-state index contributed by atoms with van der Waals surface area (Å²) in [4.78, 5) is 22.2. The van der Waals surface area contributed by atoms with Crippen LogP contribution in [0.5, 0.6) is 0 Å². The number of non-ortho nitro benzene ring substituents is 1. The molecule has 0 saturated carbocycles. The molecule has 2 rings (SSSR count). The van der Waals surface area contributed by atoms with E-state index in [0.29, 0.717) is 11.5 Å². The van der Waals surface area contributed by atoms with E-state index in [1.807, 2.05) is 30.3 Å². The number of rotatable bonds is 6. The zero-order valence-electron chi connectivity index (χ0n) is 14.5. The van der Waals surface area contributed by atoms with Gasteiger partial charge >= 0.3 is 5.97 Å². The van der Waals surface area contributed by atoms with E-state index in [1.165, 1.54) is 35.9 Å². The van der Waals surface area contributed by atoms with Gasteiger partial charge in [-0.25, -0.2) is 4.79 Å². The summed E-state index contributed by atoms with van der Waals surface area (Å²) in [6, 6.07) is 15.1. The van der Waals surface area contributed by atoms with E-state index >= 15 is 0 Å². The molecular formula is C20H18N2O4. The minimum atomic E-state index is -0.737. The smallest absolute Gasteiger partial charge is 0.349 e. The van der Waals surface area contributed by atoms with Crippen LogP contribution in [0.1, 0.15) is 36.5 Å². The number of nitro groups is 1. The summed E-state index contributed by atoms with van der Waals surface area (Å²) < 4.78 is 5.12. The molecule has 6 nitrogen and oxygen atoms in total. The van der Waals surface area contributed by atoms with Crippen LogP contribution in [0.15, 0.2) is 54.1 Å². The lowest BCUT2D eigenvalue weighted by Crippen LogP contribution is -2.07. The van der Waals surface area contributed by atoms with Crippen LogP contribution in [0.3, 0.4) is 0 Å². The van der Waals surface area contributed by atoms with Crippen molar-refractivity contribution in [2.75, 3.05) is 0 Å². The highest BCUT2D eigenvalue weighted by molar-refractivity contribution is 5.97. The monoisotopic (exact) mass is 350 g/mol. The van der Waals surface area contributed by atoms with Crippen LogP contribution < -0.4 is 0 Å². The lowest BCUT2D eigenvalue weighted by Gasteiger charge is -2.06. The fourth-order valence-electron chi connectivity index (χ4n) is 2.22. The molecular weight excluding hydrogens is 332 g/mol. The third-order valence-electron chi connectivity index (χ3n) is 3.77. The summed E-state index contributed by atoms with van der Waals surface area (Å²) in [7, 11) is 0. The first kappa shape index (κ1) is 18.9. The second-order valence-electron chi connectivity index (χ2n) is 5.99. The maximum Gasteiger partial charge on any atom is 0.349 e. The van der Waals surface area contributed by atoms with Gasteiger partial charge in [-0.3, -0.25) is 10.1 Å². The van der Waals surface area contributed by atoms with E-state index in [1.54, 1.807) is 0 Å². The molecule has 6 heteroatoms. The van der Waals surface area contributed by atoms with Crippen LogP contribution in [0.4, 0.5) is 5.69 Å². The summed E-state index contributed by atoms with van der Waals surface area (Å²) in [6.45, 7) is 4.10. The highest BCUT2D eigenvalue weighted by Gasteiger charge is 2.12. The third-order valence-corrected chi connectivity index (χ3v) is 3.77. The predicted molar refractivity (Wildman–Crippen MR) is 97.0 cm³/mol. The Morgan fingerprint density at radius 2 is 1.81 bits per heavy atom. The van der Waals surface area contributed by atoms with Crippen molar-refractivity contribution in [1.29, 1.82) is 5.26 Å². The average Bonchev–Trinajstić information content (AvgIpc) is 2.64. The standard InChI is InChI=1S/C20H18N2O4/c1-14(2)17-7-3-15(4-8-17)11-18(12-21)20(23)26-13-16-5-9-19(10-6-16)22(24)25/h3-11,14H,13H2,1-2H3/b18-11+. The number of benzene rings is 2. The van der Waals surface area contributed by atoms with Gasteiger partial charge in [-0.1, -0.05) is 38.1 Å². The molecule has 0 spiro atoms. The van der Waals surface area contributed by atoms with Crippen LogP contribution in [0.25, 0.3) is 6.08 Å². The number of carbonyl (C=O) groups excluding carboxylic acids is 1.